The van der Waals surface area contributed by atoms with E-state index < -0.39 is 5.60 Å². The normalized spacial score (nSPS) is 20.3. The molecule has 1 fully saturated rings. The number of ether oxygens (including phenoxy) is 2. The summed E-state index contributed by atoms with van der Waals surface area (Å²) < 4.78 is 11.1. The quantitative estimate of drug-likeness (QED) is 0.886. The molecular formula is C20H32N2O3. The first-order valence-electron chi connectivity index (χ1n) is 8.92. The van der Waals surface area contributed by atoms with E-state index in [4.69, 9.17) is 15.2 Å². The van der Waals surface area contributed by atoms with Gasteiger partial charge in [-0.25, -0.2) is 4.79 Å². The molecule has 2 atom stereocenters. The number of carbonyl (C=O) groups is 1. The van der Waals surface area contributed by atoms with Crippen molar-refractivity contribution in [3.8, 4) is 0 Å². The molecular weight excluding hydrogens is 316 g/mol. The molecule has 1 aliphatic heterocycles. The Morgan fingerprint density at radius 2 is 1.80 bits per heavy atom. The lowest BCUT2D eigenvalue weighted by Gasteiger charge is -2.39. The predicted octanol–water partition coefficient (Wildman–Crippen LogP) is 3.62. The maximum Gasteiger partial charge on any atom is 0.410 e. The molecule has 1 amide bonds. The van der Waals surface area contributed by atoms with Crippen LogP contribution in [0.5, 0.6) is 0 Å². The zero-order valence-corrected chi connectivity index (χ0v) is 16.3. The van der Waals surface area contributed by atoms with Crippen LogP contribution in [0.25, 0.3) is 0 Å². The minimum Gasteiger partial charge on any atom is -0.444 e. The molecule has 0 radical (unpaired) electrons. The third-order valence-corrected chi connectivity index (χ3v) is 4.37. The van der Waals surface area contributed by atoms with Gasteiger partial charge in [-0.05, 0) is 37.3 Å². The van der Waals surface area contributed by atoms with Gasteiger partial charge in [0.2, 0.25) is 0 Å². The van der Waals surface area contributed by atoms with Crippen molar-refractivity contribution in [2.45, 2.75) is 64.6 Å². The number of nitrogens with two attached hydrogens (primary N) is 1. The van der Waals surface area contributed by atoms with Crippen molar-refractivity contribution in [1.29, 1.82) is 0 Å². The molecule has 5 nitrogen and oxygen atoms in total. The average Bonchev–Trinajstić information content (AvgIpc) is 2.52. The molecule has 25 heavy (non-hydrogen) atoms. The Bertz CT molecular complexity index is 584. The number of hydrogen-bond donors (Lipinski definition) is 1. The van der Waals surface area contributed by atoms with Gasteiger partial charge in [-0.1, -0.05) is 45.0 Å². The molecule has 1 aromatic rings. The predicted molar refractivity (Wildman–Crippen MR) is 99.6 cm³/mol. The Labute approximate surface area is 151 Å². The smallest absolute Gasteiger partial charge is 0.410 e. The van der Waals surface area contributed by atoms with Crippen LogP contribution in [0.2, 0.25) is 0 Å². The molecule has 1 aliphatic rings. The van der Waals surface area contributed by atoms with Crippen LogP contribution in [0.1, 0.15) is 58.7 Å². The van der Waals surface area contributed by atoms with Gasteiger partial charge in [-0.2, -0.15) is 0 Å². The SMILES string of the molecule is CC(C)(C)OC(=O)N1CCOCC1C(N)c1ccc(C(C)(C)C)cc1. The van der Waals surface area contributed by atoms with E-state index in [1.807, 2.05) is 32.9 Å². The second kappa shape index (κ2) is 7.34. The van der Waals surface area contributed by atoms with E-state index in [1.54, 1.807) is 4.90 Å². The first-order valence-corrected chi connectivity index (χ1v) is 8.92. The highest BCUT2D eigenvalue weighted by atomic mass is 16.6. The standard InChI is InChI=1S/C20H32N2O3/c1-19(2,3)15-9-7-14(8-10-15)17(21)16-13-24-12-11-22(16)18(23)25-20(4,5)6/h7-10,16-17H,11-13,21H2,1-6H3. The lowest BCUT2D eigenvalue weighted by atomic mass is 9.86. The van der Waals surface area contributed by atoms with Gasteiger partial charge >= 0.3 is 6.09 Å². The molecule has 0 aliphatic carbocycles. The lowest BCUT2D eigenvalue weighted by Crippen LogP contribution is -2.54. The van der Waals surface area contributed by atoms with Crippen LogP contribution >= 0.6 is 0 Å². The number of hydrogen-bond acceptors (Lipinski definition) is 4. The largest absolute Gasteiger partial charge is 0.444 e. The summed E-state index contributed by atoms with van der Waals surface area (Å²) in [5.74, 6) is 0. The van der Waals surface area contributed by atoms with Crippen molar-refractivity contribution in [3.05, 3.63) is 35.4 Å². The Morgan fingerprint density at radius 1 is 1.20 bits per heavy atom. The lowest BCUT2D eigenvalue weighted by molar-refractivity contribution is -0.0382. The van der Waals surface area contributed by atoms with Crippen LogP contribution in [0, 0.1) is 0 Å². The van der Waals surface area contributed by atoms with Gasteiger partial charge in [-0.3, -0.25) is 4.90 Å². The van der Waals surface area contributed by atoms with Gasteiger partial charge in [0.1, 0.15) is 5.60 Å². The third kappa shape index (κ3) is 5.19. The van der Waals surface area contributed by atoms with Crippen LogP contribution in [0.3, 0.4) is 0 Å². The van der Waals surface area contributed by atoms with Crippen molar-refractivity contribution in [2.24, 2.45) is 5.73 Å². The van der Waals surface area contributed by atoms with Gasteiger partial charge < -0.3 is 15.2 Å². The van der Waals surface area contributed by atoms with Gasteiger partial charge in [0.15, 0.2) is 0 Å². The number of rotatable bonds is 2. The number of nitrogens with zero attached hydrogens (tertiary/aromatic N) is 1. The van der Waals surface area contributed by atoms with E-state index in [-0.39, 0.29) is 23.6 Å². The fourth-order valence-corrected chi connectivity index (χ4v) is 2.90. The first-order chi connectivity index (χ1) is 11.5. The second-order valence-electron chi connectivity index (χ2n) is 8.71. The van der Waals surface area contributed by atoms with Crippen LogP contribution in [0.4, 0.5) is 4.79 Å². The van der Waals surface area contributed by atoms with Crippen LogP contribution in [0.15, 0.2) is 24.3 Å². The topological polar surface area (TPSA) is 64.8 Å². The van der Waals surface area contributed by atoms with Gasteiger partial charge in [-0.15, -0.1) is 0 Å². The Morgan fingerprint density at radius 3 is 2.32 bits per heavy atom. The van der Waals surface area contributed by atoms with Crippen LogP contribution < -0.4 is 5.73 Å². The fourth-order valence-electron chi connectivity index (χ4n) is 2.90. The van der Waals surface area contributed by atoms with E-state index >= 15 is 0 Å². The maximum absolute atomic E-state index is 12.5. The molecule has 0 spiro atoms. The van der Waals surface area contributed by atoms with E-state index in [9.17, 15) is 4.79 Å². The molecule has 5 heteroatoms. The second-order valence-corrected chi connectivity index (χ2v) is 8.71. The number of morpholine rings is 1. The maximum atomic E-state index is 12.5. The Kier molecular flexibility index (Phi) is 5.79. The van der Waals surface area contributed by atoms with Gasteiger partial charge in [0.25, 0.3) is 0 Å². The molecule has 1 heterocycles. The molecule has 2 rings (SSSR count). The van der Waals surface area contributed by atoms with Gasteiger partial charge in [0, 0.05) is 6.54 Å². The summed E-state index contributed by atoms with van der Waals surface area (Å²) in [6.07, 6.45) is -0.331. The summed E-state index contributed by atoms with van der Waals surface area (Å²) in [4.78, 5) is 14.2. The minimum absolute atomic E-state index is 0.0964. The third-order valence-electron chi connectivity index (χ3n) is 4.37. The summed E-state index contributed by atoms with van der Waals surface area (Å²) >= 11 is 0. The molecule has 0 saturated carbocycles. The zero-order valence-electron chi connectivity index (χ0n) is 16.3. The summed E-state index contributed by atoms with van der Waals surface area (Å²) in [6.45, 7) is 13.6. The molecule has 1 aromatic carbocycles. The van der Waals surface area contributed by atoms with E-state index in [1.165, 1.54) is 5.56 Å². The first kappa shape index (κ1) is 19.7. The number of amides is 1. The van der Waals surface area contributed by atoms with E-state index in [0.29, 0.717) is 19.8 Å². The van der Waals surface area contributed by atoms with Crippen molar-refractivity contribution in [1.82, 2.24) is 4.90 Å². The Balaban J connectivity index is 2.17. The van der Waals surface area contributed by atoms with Crippen molar-refractivity contribution < 1.29 is 14.3 Å². The van der Waals surface area contributed by atoms with Crippen molar-refractivity contribution in [2.75, 3.05) is 19.8 Å². The molecule has 2 unspecified atom stereocenters. The molecule has 0 aromatic heterocycles. The van der Waals surface area contributed by atoms with Crippen molar-refractivity contribution >= 4 is 6.09 Å². The molecule has 1 saturated heterocycles. The monoisotopic (exact) mass is 348 g/mol. The molecule has 0 bridgehead atoms. The highest BCUT2D eigenvalue weighted by Crippen LogP contribution is 2.27. The van der Waals surface area contributed by atoms with E-state index in [2.05, 4.69) is 32.9 Å². The fraction of sp³-hybridized carbons (Fsp3) is 0.650. The zero-order chi connectivity index (χ0) is 18.8. The summed E-state index contributed by atoms with van der Waals surface area (Å²) in [6, 6.07) is 7.76. The van der Waals surface area contributed by atoms with E-state index in [0.717, 1.165) is 5.56 Å². The minimum atomic E-state index is -0.529. The summed E-state index contributed by atoms with van der Waals surface area (Å²) in [7, 11) is 0. The highest BCUT2D eigenvalue weighted by molar-refractivity contribution is 5.69. The Hall–Kier alpha value is -1.59. The summed E-state index contributed by atoms with van der Waals surface area (Å²) in [5.41, 5.74) is 8.31. The van der Waals surface area contributed by atoms with Crippen molar-refractivity contribution in [3.63, 3.8) is 0 Å². The molecule has 140 valence electrons. The van der Waals surface area contributed by atoms with Crippen LogP contribution in [-0.4, -0.2) is 42.4 Å². The average molecular weight is 348 g/mol. The molecule has 2 N–H and O–H groups in total. The summed E-state index contributed by atoms with van der Waals surface area (Å²) in [5, 5.41) is 0. The van der Waals surface area contributed by atoms with Crippen LogP contribution in [-0.2, 0) is 14.9 Å². The van der Waals surface area contributed by atoms with Gasteiger partial charge in [0.05, 0.1) is 25.3 Å². The number of carbonyl (C=O) groups excluding carboxylic acids is 1. The highest BCUT2D eigenvalue weighted by Gasteiger charge is 2.35. The number of benzene rings is 1.